The second-order valence-electron chi connectivity index (χ2n) is 6.06. The second kappa shape index (κ2) is 10.9. The van der Waals surface area contributed by atoms with E-state index in [0.29, 0.717) is 19.1 Å². The summed E-state index contributed by atoms with van der Waals surface area (Å²) in [7, 11) is 1.77. The molecule has 0 aromatic heterocycles. The van der Waals surface area contributed by atoms with Crippen molar-refractivity contribution >= 4 is 29.9 Å². The van der Waals surface area contributed by atoms with Gasteiger partial charge in [0.2, 0.25) is 6.79 Å². The van der Waals surface area contributed by atoms with Gasteiger partial charge in [0.1, 0.15) is 12.4 Å². The molecule has 0 fully saturated rings. The normalized spacial score (nSPS) is 13.5. The molecule has 6 nitrogen and oxygen atoms in total. The molecule has 1 unspecified atom stereocenters. The van der Waals surface area contributed by atoms with Crippen LogP contribution in [0.4, 0.5) is 0 Å². The van der Waals surface area contributed by atoms with Gasteiger partial charge in [0.05, 0.1) is 6.54 Å². The van der Waals surface area contributed by atoms with Crippen molar-refractivity contribution in [3.8, 4) is 17.2 Å². The van der Waals surface area contributed by atoms with Gasteiger partial charge in [0.25, 0.3) is 0 Å². The molecule has 0 radical (unpaired) electrons. The van der Waals surface area contributed by atoms with E-state index in [4.69, 9.17) is 14.2 Å². The molecule has 27 heavy (non-hydrogen) atoms. The molecule has 3 rings (SSSR count). The number of rotatable bonds is 7. The zero-order valence-electron chi connectivity index (χ0n) is 15.6. The second-order valence-corrected chi connectivity index (χ2v) is 6.06. The van der Waals surface area contributed by atoms with Gasteiger partial charge in [-0.3, -0.25) is 4.99 Å². The molecule has 0 saturated heterocycles. The Bertz CT molecular complexity index is 741. The van der Waals surface area contributed by atoms with Gasteiger partial charge in [-0.15, -0.1) is 24.0 Å². The van der Waals surface area contributed by atoms with Crippen molar-refractivity contribution in [3.63, 3.8) is 0 Å². The Kier molecular flexibility index (Phi) is 8.50. The summed E-state index contributed by atoms with van der Waals surface area (Å²) in [5.74, 6) is 3.41. The average Bonchev–Trinajstić information content (AvgIpc) is 3.15. The molecule has 1 heterocycles. The maximum absolute atomic E-state index is 5.74. The average molecular weight is 483 g/mol. The van der Waals surface area contributed by atoms with Gasteiger partial charge in [0, 0.05) is 19.7 Å². The van der Waals surface area contributed by atoms with Gasteiger partial charge >= 0.3 is 0 Å². The van der Waals surface area contributed by atoms with E-state index in [1.165, 1.54) is 5.56 Å². The van der Waals surface area contributed by atoms with Crippen molar-refractivity contribution in [3.05, 3.63) is 54.1 Å². The van der Waals surface area contributed by atoms with E-state index in [1.54, 1.807) is 7.05 Å². The number of halogens is 1. The number of fused-ring (bicyclic) bond motifs is 1. The number of nitrogens with zero attached hydrogens (tertiary/aromatic N) is 1. The van der Waals surface area contributed by atoms with Crippen molar-refractivity contribution in [2.24, 2.45) is 4.99 Å². The standard InChI is InChI=1S/C20H25N3O3.HI/c1-15(16-6-4-3-5-7-16)13-23-20(21-2)22-10-11-24-17-8-9-18-19(12-17)26-14-25-18;/h3-9,12,15H,10-11,13-14H2,1-2H3,(H2,21,22,23);1H. The monoisotopic (exact) mass is 483 g/mol. The minimum atomic E-state index is 0. The fraction of sp³-hybridized carbons (Fsp3) is 0.350. The molecule has 146 valence electrons. The smallest absolute Gasteiger partial charge is 0.231 e. The van der Waals surface area contributed by atoms with Gasteiger partial charge in [-0.05, 0) is 23.6 Å². The molecular formula is C20H26IN3O3. The molecule has 0 amide bonds. The number of hydrogen-bond donors (Lipinski definition) is 2. The lowest BCUT2D eigenvalue weighted by molar-refractivity contribution is 0.173. The quantitative estimate of drug-likeness (QED) is 0.274. The van der Waals surface area contributed by atoms with Gasteiger partial charge in [-0.25, -0.2) is 0 Å². The first kappa shape index (κ1) is 21.1. The topological polar surface area (TPSA) is 64.1 Å². The summed E-state index contributed by atoms with van der Waals surface area (Å²) in [5.41, 5.74) is 1.31. The molecule has 1 atom stereocenters. The van der Waals surface area contributed by atoms with Crippen LogP contribution in [0.1, 0.15) is 18.4 Å². The summed E-state index contributed by atoms with van der Waals surface area (Å²) in [6.07, 6.45) is 0. The molecule has 0 aliphatic carbocycles. The number of nitrogens with one attached hydrogen (secondary N) is 2. The van der Waals surface area contributed by atoms with Gasteiger partial charge in [-0.2, -0.15) is 0 Å². The van der Waals surface area contributed by atoms with Crippen molar-refractivity contribution in [2.75, 3.05) is 33.5 Å². The number of ether oxygens (including phenoxy) is 3. The largest absolute Gasteiger partial charge is 0.492 e. The Morgan fingerprint density at radius 1 is 1.11 bits per heavy atom. The Morgan fingerprint density at radius 3 is 2.67 bits per heavy atom. The number of hydrogen-bond acceptors (Lipinski definition) is 4. The van der Waals surface area contributed by atoms with Crippen LogP contribution in [0.15, 0.2) is 53.5 Å². The van der Waals surface area contributed by atoms with Gasteiger partial charge in [0.15, 0.2) is 17.5 Å². The Balaban J connectivity index is 0.00000261. The molecule has 7 heteroatoms. The zero-order valence-corrected chi connectivity index (χ0v) is 17.9. The van der Waals surface area contributed by atoms with E-state index in [-0.39, 0.29) is 30.8 Å². The lowest BCUT2D eigenvalue weighted by atomic mass is 10.0. The van der Waals surface area contributed by atoms with Gasteiger partial charge < -0.3 is 24.8 Å². The maximum Gasteiger partial charge on any atom is 0.231 e. The zero-order chi connectivity index (χ0) is 18.2. The van der Waals surface area contributed by atoms with E-state index < -0.39 is 0 Å². The van der Waals surface area contributed by atoms with E-state index in [2.05, 4.69) is 46.8 Å². The number of guanidine groups is 1. The highest BCUT2D eigenvalue weighted by molar-refractivity contribution is 14.0. The van der Waals surface area contributed by atoms with E-state index in [0.717, 1.165) is 29.8 Å². The first-order valence-electron chi connectivity index (χ1n) is 8.78. The summed E-state index contributed by atoms with van der Waals surface area (Å²) < 4.78 is 16.4. The van der Waals surface area contributed by atoms with Gasteiger partial charge in [-0.1, -0.05) is 37.3 Å². The summed E-state index contributed by atoms with van der Waals surface area (Å²) in [6.45, 7) is 4.44. The van der Waals surface area contributed by atoms with Crippen LogP contribution in [-0.4, -0.2) is 39.5 Å². The first-order valence-corrected chi connectivity index (χ1v) is 8.78. The van der Waals surface area contributed by atoms with E-state index in [1.807, 2.05) is 24.3 Å². The third kappa shape index (κ3) is 6.20. The Hall–Kier alpha value is -2.16. The highest BCUT2D eigenvalue weighted by atomic mass is 127. The molecule has 0 saturated carbocycles. The summed E-state index contributed by atoms with van der Waals surface area (Å²) in [5, 5.41) is 6.60. The predicted molar refractivity (Wildman–Crippen MR) is 118 cm³/mol. The lowest BCUT2D eigenvalue weighted by Gasteiger charge is -2.16. The SMILES string of the molecule is CN=C(NCCOc1ccc2c(c1)OCO2)NCC(C)c1ccccc1.I. The summed E-state index contributed by atoms with van der Waals surface area (Å²) in [6, 6.07) is 16.0. The van der Waals surface area contributed by atoms with Crippen molar-refractivity contribution < 1.29 is 14.2 Å². The maximum atomic E-state index is 5.74. The molecule has 1 aliphatic heterocycles. The molecular weight excluding hydrogens is 457 g/mol. The van der Waals surface area contributed by atoms with Crippen LogP contribution in [0.25, 0.3) is 0 Å². The predicted octanol–water partition coefficient (Wildman–Crippen LogP) is 3.38. The van der Waals surface area contributed by atoms with E-state index in [9.17, 15) is 0 Å². The minimum absolute atomic E-state index is 0. The minimum Gasteiger partial charge on any atom is -0.492 e. The Morgan fingerprint density at radius 2 is 1.89 bits per heavy atom. The first-order chi connectivity index (χ1) is 12.8. The van der Waals surface area contributed by atoms with Crippen molar-refractivity contribution in [2.45, 2.75) is 12.8 Å². The highest BCUT2D eigenvalue weighted by Gasteiger charge is 2.13. The molecule has 2 aromatic carbocycles. The number of benzene rings is 2. The van der Waals surface area contributed by atoms with E-state index >= 15 is 0 Å². The molecule has 2 aromatic rings. The summed E-state index contributed by atoms with van der Waals surface area (Å²) >= 11 is 0. The van der Waals surface area contributed by atoms with Crippen molar-refractivity contribution in [1.82, 2.24) is 10.6 Å². The number of aliphatic imine (C=N–C) groups is 1. The van der Waals surface area contributed by atoms with Crippen LogP contribution in [0, 0.1) is 0 Å². The molecule has 0 bridgehead atoms. The van der Waals surface area contributed by atoms with Crippen LogP contribution < -0.4 is 24.8 Å². The van der Waals surface area contributed by atoms with Crippen LogP contribution in [0.3, 0.4) is 0 Å². The van der Waals surface area contributed by atoms with Crippen LogP contribution in [0.2, 0.25) is 0 Å². The highest BCUT2D eigenvalue weighted by Crippen LogP contribution is 2.34. The Labute approximate surface area is 177 Å². The fourth-order valence-electron chi connectivity index (χ4n) is 2.67. The third-order valence-corrected chi connectivity index (χ3v) is 4.18. The lowest BCUT2D eigenvalue weighted by Crippen LogP contribution is -2.40. The van der Waals surface area contributed by atoms with Crippen LogP contribution >= 0.6 is 24.0 Å². The van der Waals surface area contributed by atoms with Crippen molar-refractivity contribution in [1.29, 1.82) is 0 Å². The molecule has 1 aliphatic rings. The fourth-order valence-corrected chi connectivity index (χ4v) is 2.67. The van der Waals surface area contributed by atoms with Crippen LogP contribution in [-0.2, 0) is 0 Å². The molecule has 2 N–H and O–H groups in total. The van der Waals surface area contributed by atoms with Crippen LogP contribution in [0.5, 0.6) is 17.2 Å². The molecule has 0 spiro atoms. The summed E-state index contributed by atoms with van der Waals surface area (Å²) in [4.78, 5) is 4.25. The third-order valence-electron chi connectivity index (χ3n) is 4.18.